The van der Waals surface area contributed by atoms with Crippen LogP contribution in [0.2, 0.25) is 0 Å². The molecule has 5 nitrogen and oxygen atoms in total. The van der Waals surface area contributed by atoms with Crippen molar-refractivity contribution in [2.75, 3.05) is 6.54 Å². The van der Waals surface area contributed by atoms with Gasteiger partial charge >= 0.3 is 6.03 Å². The van der Waals surface area contributed by atoms with Gasteiger partial charge in [-0.05, 0) is 30.5 Å². The molecule has 18 heavy (non-hydrogen) atoms. The van der Waals surface area contributed by atoms with Gasteiger partial charge in [0.1, 0.15) is 0 Å². The average Bonchev–Trinajstić information content (AvgIpc) is 2.71. The van der Waals surface area contributed by atoms with Gasteiger partial charge in [0, 0.05) is 12.5 Å². The SMILES string of the molecule is N#Cc1cccc(CC2CCN(C(N)=O)C2=O)c1. The Hall–Kier alpha value is -2.35. The Morgan fingerprint density at radius 1 is 1.56 bits per heavy atom. The first-order valence-corrected chi connectivity index (χ1v) is 5.71. The molecule has 2 rings (SSSR count). The third-order valence-corrected chi connectivity index (χ3v) is 3.12. The van der Waals surface area contributed by atoms with Crippen molar-refractivity contribution < 1.29 is 9.59 Å². The third kappa shape index (κ3) is 2.33. The lowest BCUT2D eigenvalue weighted by molar-refractivity contribution is -0.128. The molecule has 92 valence electrons. The number of hydrogen-bond acceptors (Lipinski definition) is 3. The summed E-state index contributed by atoms with van der Waals surface area (Å²) in [6.45, 7) is 0.386. The van der Waals surface area contributed by atoms with Gasteiger partial charge in [0.15, 0.2) is 0 Å². The molecule has 0 aromatic heterocycles. The summed E-state index contributed by atoms with van der Waals surface area (Å²) in [6, 6.07) is 8.52. The van der Waals surface area contributed by atoms with Crippen molar-refractivity contribution in [1.29, 1.82) is 5.26 Å². The molecule has 0 saturated carbocycles. The van der Waals surface area contributed by atoms with Gasteiger partial charge in [-0.15, -0.1) is 0 Å². The van der Waals surface area contributed by atoms with Crippen LogP contribution in [-0.4, -0.2) is 23.4 Å². The molecule has 2 N–H and O–H groups in total. The van der Waals surface area contributed by atoms with Crippen molar-refractivity contribution in [3.63, 3.8) is 0 Å². The lowest BCUT2D eigenvalue weighted by Crippen LogP contribution is -2.38. The van der Waals surface area contributed by atoms with E-state index in [2.05, 4.69) is 6.07 Å². The molecule has 1 fully saturated rings. The van der Waals surface area contributed by atoms with Crippen LogP contribution in [0.4, 0.5) is 4.79 Å². The number of likely N-dealkylation sites (tertiary alicyclic amines) is 1. The molecule has 1 aromatic carbocycles. The summed E-state index contributed by atoms with van der Waals surface area (Å²) < 4.78 is 0. The van der Waals surface area contributed by atoms with E-state index in [4.69, 9.17) is 11.0 Å². The number of amides is 3. The molecule has 0 spiro atoms. The maximum absolute atomic E-state index is 11.9. The zero-order chi connectivity index (χ0) is 13.1. The fraction of sp³-hybridized carbons (Fsp3) is 0.308. The first kappa shape index (κ1) is 12.1. The van der Waals surface area contributed by atoms with Crippen LogP contribution in [0.15, 0.2) is 24.3 Å². The highest BCUT2D eigenvalue weighted by molar-refractivity contribution is 5.96. The fourth-order valence-corrected chi connectivity index (χ4v) is 2.20. The van der Waals surface area contributed by atoms with E-state index in [9.17, 15) is 9.59 Å². The van der Waals surface area contributed by atoms with E-state index in [0.29, 0.717) is 24.9 Å². The minimum absolute atomic E-state index is 0.216. The number of benzene rings is 1. The Balaban J connectivity index is 2.09. The topological polar surface area (TPSA) is 87.2 Å². The first-order chi connectivity index (χ1) is 8.61. The number of primary amides is 1. The van der Waals surface area contributed by atoms with Crippen molar-refractivity contribution in [1.82, 2.24) is 4.90 Å². The molecule has 1 unspecified atom stereocenters. The molecule has 3 amide bonds. The summed E-state index contributed by atoms with van der Waals surface area (Å²) in [5.74, 6) is -0.434. The zero-order valence-electron chi connectivity index (χ0n) is 9.80. The summed E-state index contributed by atoms with van der Waals surface area (Å²) >= 11 is 0. The standard InChI is InChI=1S/C13H13N3O2/c14-8-10-3-1-2-9(6-10)7-11-4-5-16(12(11)17)13(15)18/h1-3,6,11H,4-5,7H2,(H2,15,18). The normalized spacial score (nSPS) is 18.7. The molecule has 1 atom stereocenters. The van der Waals surface area contributed by atoms with Crippen molar-refractivity contribution >= 4 is 11.9 Å². The van der Waals surface area contributed by atoms with Crippen LogP contribution in [0.1, 0.15) is 17.5 Å². The minimum atomic E-state index is -0.687. The highest BCUT2D eigenvalue weighted by atomic mass is 16.2. The smallest absolute Gasteiger partial charge is 0.321 e. The Kier molecular flexibility index (Phi) is 3.28. The first-order valence-electron chi connectivity index (χ1n) is 5.71. The van der Waals surface area contributed by atoms with Crippen LogP contribution in [0.5, 0.6) is 0 Å². The lowest BCUT2D eigenvalue weighted by atomic mass is 9.97. The number of hydrogen-bond donors (Lipinski definition) is 1. The highest BCUT2D eigenvalue weighted by Gasteiger charge is 2.34. The molecule has 1 saturated heterocycles. The Morgan fingerprint density at radius 3 is 2.94 bits per heavy atom. The molecular formula is C13H13N3O2. The number of carbonyl (C=O) groups is 2. The van der Waals surface area contributed by atoms with Gasteiger partial charge in [-0.2, -0.15) is 5.26 Å². The number of nitrogens with zero attached hydrogens (tertiary/aromatic N) is 2. The predicted molar refractivity (Wildman–Crippen MR) is 64.3 cm³/mol. The fourth-order valence-electron chi connectivity index (χ4n) is 2.20. The molecular weight excluding hydrogens is 230 g/mol. The van der Waals surface area contributed by atoms with Gasteiger partial charge in [-0.3, -0.25) is 9.69 Å². The van der Waals surface area contributed by atoms with Crippen LogP contribution in [0, 0.1) is 17.2 Å². The summed E-state index contributed by atoms with van der Waals surface area (Å²) in [7, 11) is 0. The number of imide groups is 1. The van der Waals surface area contributed by atoms with E-state index in [1.165, 1.54) is 0 Å². The number of carbonyl (C=O) groups excluding carboxylic acids is 2. The Labute approximate surface area is 105 Å². The zero-order valence-corrected chi connectivity index (χ0v) is 9.80. The Bertz CT molecular complexity index is 533. The molecule has 0 radical (unpaired) electrons. The number of nitriles is 1. The van der Waals surface area contributed by atoms with Gasteiger partial charge in [0.2, 0.25) is 5.91 Å². The highest BCUT2D eigenvalue weighted by Crippen LogP contribution is 2.22. The number of urea groups is 1. The molecule has 1 aromatic rings. The quantitative estimate of drug-likeness (QED) is 0.841. The van der Waals surface area contributed by atoms with Crippen molar-refractivity contribution in [3.05, 3.63) is 35.4 Å². The summed E-state index contributed by atoms with van der Waals surface area (Å²) in [5.41, 5.74) is 6.62. The number of rotatable bonds is 2. The Morgan fingerprint density at radius 2 is 2.33 bits per heavy atom. The monoisotopic (exact) mass is 243 g/mol. The summed E-state index contributed by atoms with van der Waals surface area (Å²) in [4.78, 5) is 23.9. The second kappa shape index (κ2) is 4.88. The van der Waals surface area contributed by atoms with Gasteiger partial charge in [-0.25, -0.2) is 4.79 Å². The van der Waals surface area contributed by atoms with Crippen LogP contribution in [0.3, 0.4) is 0 Å². The van der Waals surface area contributed by atoms with Crippen molar-refractivity contribution in [3.8, 4) is 6.07 Å². The molecule has 1 aliphatic rings. The summed E-state index contributed by atoms with van der Waals surface area (Å²) in [5, 5.41) is 8.80. The second-order valence-corrected chi connectivity index (χ2v) is 4.33. The third-order valence-electron chi connectivity index (χ3n) is 3.12. The van der Waals surface area contributed by atoms with Crippen molar-refractivity contribution in [2.24, 2.45) is 11.7 Å². The van der Waals surface area contributed by atoms with E-state index in [0.717, 1.165) is 10.5 Å². The average molecular weight is 243 g/mol. The maximum Gasteiger partial charge on any atom is 0.321 e. The van der Waals surface area contributed by atoms with Crippen LogP contribution >= 0.6 is 0 Å². The van der Waals surface area contributed by atoms with E-state index >= 15 is 0 Å². The van der Waals surface area contributed by atoms with Gasteiger partial charge < -0.3 is 5.73 Å². The number of nitrogens with two attached hydrogens (primary N) is 1. The summed E-state index contributed by atoms with van der Waals surface area (Å²) in [6.07, 6.45) is 1.16. The predicted octanol–water partition coefficient (Wildman–Crippen LogP) is 1.03. The molecule has 1 heterocycles. The van der Waals surface area contributed by atoms with Crippen molar-refractivity contribution in [2.45, 2.75) is 12.8 Å². The van der Waals surface area contributed by atoms with Gasteiger partial charge in [0.25, 0.3) is 0 Å². The van der Waals surface area contributed by atoms with Gasteiger partial charge in [0.05, 0.1) is 11.6 Å². The van der Waals surface area contributed by atoms with Gasteiger partial charge in [-0.1, -0.05) is 12.1 Å². The second-order valence-electron chi connectivity index (χ2n) is 4.33. The molecule has 0 aliphatic carbocycles. The maximum atomic E-state index is 11.9. The van der Waals surface area contributed by atoms with Crippen LogP contribution in [-0.2, 0) is 11.2 Å². The molecule has 5 heteroatoms. The van der Waals surface area contributed by atoms with E-state index < -0.39 is 6.03 Å². The lowest BCUT2D eigenvalue weighted by Gasteiger charge is -2.11. The molecule has 0 bridgehead atoms. The van der Waals surface area contributed by atoms with E-state index in [-0.39, 0.29) is 11.8 Å². The van der Waals surface area contributed by atoms with Crippen LogP contribution in [0.25, 0.3) is 0 Å². The molecule has 1 aliphatic heterocycles. The van der Waals surface area contributed by atoms with E-state index in [1.807, 2.05) is 6.07 Å². The minimum Gasteiger partial charge on any atom is -0.351 e. The van der Waals surface area contributed by atoms with E-state index in [1.54, 1.807) is 18.2 Å². The van der Waals surface area contributed by atoms with Crippen LogP contribution < -0.4 is 5.73 Å². The largest absolute Gasteiger partial charge is 0.351 e.